The van der Waals surface area contributed by atoms with E-state index in [1.807, 2.05) is 42.5 Å². The van der Waals surface area contributed by atoms with Crippen LogP contribution in [0.4, 0.5) is 0 Å². The number of fused-ring (bicyclic) bond motifs is 3. The molecule has 0 radical (unpaired) electrons. The topological polar surface area (TPSA) is 59.7 Å². The van der Waals surface area contributed by atoms with E-state index in [1.165, 1.54) is 5.56 Å². The van der Waals surface area contributed by atoms with Gasteiger partial charge in [0.2, 0.25) is 5.88 Å². The molecule has 1 aliphatic rings. The summed E-state index contributed by atoms with van der Waals surface area (Å²) >= 11 is 0. The molecule has 0 atom stereocenters. The number of para-hydroxylation sites is 1. The number of phenolic OH excluding ortho intramolecular Hbond substituents is 1. The zero-order chi connectivity index (χ0) is 25.5. The van der Waals surface area contributed by atoms with Gasteiger partial charge in [-0.3, -0.25) is 4.40 Å². The SMILES string of the molecule is CC1(C)c2cccc3c4cccc(O)c4c4nc(Oc5[c-]c(-c6ccccn6)ccc5)c(n4c23)C1(C)C.[Pt]. The van der Waals surface area contributed by atoms with E-state index < -0.39 is 0 Å². The van der Waals surface area contributed by atoms with Gasteiger partial charge in [0.1, 0.15) is 5.75 Å². The molecule has 0 amide bonds. The van der Waals surface area contributed by atoms with E-state index >= 15 is 0 Å². The second-order valence-electron chi connectivity index (χ2n) is 10.8. The summed E-state index contributed by atoms with van der Waals surface area (Å²) in [6, 6.07) is 27.1. The second-order valence-corrected chi connectivity index (χ2v) is 10.8. The van der Waals surface area contributed by atoms with Crippen molar-refractivity contribution >= 4 is 27.3 Å². The van der Waals surface area contributed by atoms with Crippen LogP contribution in [0.1, 0.15) is 39.0 Å². The van der Waals surface area contributed by atoms with E-state index in [1.54, 1.807) is 12.3 Å². The molecule has 4 heterocycles. The fourth-order valence-electron chi connectivity index (χ4n) is 5.83. The van der Waals surface area contributed by atoms with Crippen LogP contribution in [0.3, 0.4) is 0 Å². The van der Waals surface area contributed by atoms with Gasteiger partial charge in [0.25, 0.3) is 0 Å². The van der Waals surface area contributed by atoms with Crippen molar-refractivity contribution in [2.75, 3.05) is 0 Å². The number of rotatable bonds is 3. The molecular formula is C32H26N3O2Pt-. The fraction of sp³-hybridized carbons (Fsp3) is 0.188. The van der Waals surface area contributed by atoms with Crippen LogP contribution >= 0.6 is 0 Å². The number of phenols is 1. The summed E-state index contributed by atoms with van der Waals surface area (Å²) in [6.45, 7) is 9.06. The van der Waals surface area contributed by atoms with Crippen molar-refractivity contribution in [3.63, 3.8) is 0 Å². The molecule has 0 saturated carbocycles. The van der Waals surface area contributed by atoms with E-state index in [0.717, 1.165) is 38.6 Å². The molecule has 6 aromatic rings. The average Bonchev–Trinajstić information content (AvgIpc) is 3.28. The minimum atomic E-state index is -0.334. The first-order chi connectivity index (χ1) is 17.8. The van der Waals surface area contributed by atoms with Crippen LogP contribution < -0.4 is 4.74 Å². The van der Waals surface area contributed by atoms with Crippen molar-refractivity contribution in [1.82, 2.24) is 14.4 Å². The summed E-state index contributed by atoms with van der Waals surface area (Å²) in [6.07, 6.45) is 1.77. The van der Waals surface area contributed by atoms with Crippen molar-refractivity contribution in [2.45, 2.75) is 38.5 Å². The standard InChI is InChI=1S/C32H26N3O2.Pt/c1-31(2)23-14-8-13-22-21-12-9-16-25(36)26(21)29-34-30(28(32(31,3)4)35(29)27(22)23)37-20-11-7-10-19(18-20)24-15-5-6-17-33-24;/h5-17,36H,1-4H3;/q-1;. The van der Waals surface area contributed by atoms with Crippen molar-refractivity contribution < 1.29 is 30.9 Å². The molecule has 1 aliphatic heterocycles. The number of hydrogen-bond donors (Lipinski definition) is 1. The minimum absolute atomic E-state index is 0. The molecular weight excluding hydrogens is 653 g/mol. The minimum Gasteiger partial charge on any atom is -0.507 e. The Hall–Kier alpha value is -3.69. The molecule has 0 spiro atoms. The molecule has 3 aromatic heterocycles. The molecule has 0 saturated heterocycles. The van der Waals surface area contributed by atoms with Crippen LogP contribution in [0.2, 0.25) is 0 Å². The molecule has 5 nitrogen and oxygen atoms in total. The van der Waals surface area contributed by atoms with Crippen LogP contribution in [0.25, 0.3) is 38.6 Å². The number of hydrogen-bond acceptors (Lipinski definition) is 4. The summed E-state index contributed by atoms with van der Waals surface area (Å²) in [5.74, 6) is 1.30. The maximum absolute atomic E-state index is 11.0. The number of imidazole rings is 1. The Kier molecular flexibility index (Phi) is 5.45. The second kappa shape index (κ2) is 8.41. The quantitative estimate of drug-likeness (QED) is 0.155. The molecule has 7 rings (SSSR count). The molecule has 0 aliphatic carbocycles. The predicted molar refractivity (Wildman–Crippen MR) is 147 cm³/mol. The maximum atomic E-state index is 11.0. The third-order valence-corrected chi connectivity index (χ3v) is 8.40. The van der Waals surface area contributed by atoms with E-state index in [0.29, 0.717) is 17.3 Å². The van der Waals surface area contributed by atoms with E-state index in [-0.39, 0.29) is 37.6 Å². The van der Waals surface area contributed by atoms with Crippen LogP contribution in [0.5, 0.6) is 17.4 Å². The Morgan fingerprint density at radius 3 is 2.39 bits per heavy atom. The fourth-order valence-corrected chi connectivity index (χ4v) is 5.83. The van der Waals surface area contributed by atoms with Gasteiger partial charge in [-0.05, 0) is 28.8 Å². The number of aromatic nitrogens is 3. The van der Waals surface area contributed by atoms with Crippen LogP contribution in [-0.2, 0) is 31.9 Å². The summed E-state index contributed by atoms with van der Waals surface area (Å²) in [4.78, 5) is 9.52. The number of benzene rings is 3. The predicted octanol–water partition coefficient (Wildman–Crippen LogP) is 7.57. The first kappa shape index (κ1) is 24.6. The molecule has 38 heavy (non-hydrogen) atoms. The Labute approximate surface area is 235 Å². The Morgan fingerprint density at radius 2 is 1.61 bits per heavy atom. The van der Waals surface area contributed by atoms with Gasteiger partial charge < -0.3 is 14.8 Å². The van der Waals surface area contributed by atoms with E-state index in [2.05, 4.69) is 67.4 Å². The van der Waals surface area contributed by atoms with Gasteiger partial charge in [-0.15, -0.1) is 23.8 Å². The first-order valence-electron chi connectivity index (χ1n) is 12.5. The summed E-state index contributed by atoms with van der Waals surface area (Å²) in [5.41, 5.74) is 5.19. The number of ether oxygens (including phenoxy) is 1. The average molecular weight is 680 g/mol. The van der Waals surface area contributed by atoms with Crippen molar-refractivity contribution in [3.05, 3.63) is 96.3 Å². The van der Waals surface area contributed by atoms with Gasteiger partial charge in [-0.25, -0.2) is 0 Å². The zero-order valence-corrected chi connectivity index (χ0v) is 23.8. The van der Waals surface area contributed by atoms with Crippen LogP contribution in [0, 0.1) is 6.07 Å². The molecule has 1 N–H and O–H groups in total. The molecule has 192 valence electrons. The molecule has 6 heteroatoms. The third kappa shape index (κ3) is 3.21. The summed E-state index contributed by atoms with van der Waals surface area (Å²) in [7, 11) is 0. The summed E-state index contributed by atoms with van der Waals surface area (Å²) in [5, 5.41) is 13.8. The van der Waals surface area contributed by atoms with E-state index in [9.17, 15) is 5.11 Å². The number of aromatic hydroxyl groups is 1. The van der Waals surface area contributed by atoms with Gasteiger partial charge >= 0.3 is 0 Å². The molecule has 0 bridgehead atoms. The van der Waals surface area contributed by atoms with Crippen LogP contribution in [0.15, 0.2) is 79.0 Å². The number of pyridine rings is 2. The van der Waals surface area contributed by atoms with Gasteiger partial charge in [0.05, 0.1) is 16.6 Å². The monoisotopic (exact) mass is 679 g/mol. The Balaban J connectivity index is 0.00000264. The maximum Gasteiger partial charge on any atom is 0.240 e. The normalized spacial score (nSPS) is 15.2. The first-order valence-corrected chi connectivity index (χ1v) is 12.5. The zero-order valence-electron chi connectivity index (χ0n) is 21.5. The summed E-state index contributed by atoms with van der Waals surface area (Å²) < 4.78 is 8.75. The van der Waals surface area contributed by atoms with Gasteiger partial charge in [0, 0.05) is 49.2 Å². The Morgan fingerprint density at radius 1 is 0.842 bits per heavy atom. The van der Waals surface area contributed by atoms with Gasteiger partial charge in [-0.1, -0.05) is 76.2 Å². The largest absolute Gasteiger partial charge is 0.507 e. The smallest absolute Gasteiger partial charge is 0.240 e. The number of nitrogens with zero attached hydrogens (tertiary/aromatic N) is 3. The van der Waals surface area contributed by atoms with Crippen molar-refractivity contribution in [2.24, 2.45) is 0 Å². The molecule has 3 aromatic carbocycles. The van der Waals surface area contributed by atoms with Crippen LogP contribution in [-0.4, -0.2) is 19.5 Å². The third-order valence-electron chi connectivity index (χ3n) is 8.40. The Bertz CT molecular complexity index is 1870. The molecule has 0 unspecified atom stereocenters. The molecule has 0 fully saturated rings. The van der Waals surface area contributed by atoms with Gasteiger partial charge in [-0.2, -0.15) is 4.98 Å². The van der Waals surface area contributed by atoms with Crippen molar-refractivity contribution in [1.29, 1.82) is 0 Å². The van der Waals surface area contributed by atoms with Crippen molar-refractivity contribution in [3.8, 4) is 28.6 Å². The van der Waals surface area contributed by atoms with E-state index in [4.69, 9.17) is 9.72 Å². The van der Waals surface area contributed by atoms with Gasteiger partial charge in [0.15, 0.2) is 5.65 Å².